The standard InChI is InChI=1S/C22H10Cl2F4N2O6/c23-14-7-12(3-6-19(31)11-1-4-15(25)5-2-11)20(16(24)10-14)36-21-17(29(32)33)8-13(22(26,27)28)9-18(21)30(34)35/h1-10H/b6-3+. The number of carbonyl (C=O) groups excluding carboxylic acids is 1. The zero-order valence-electron chi connectivity index (χ0n) is 17.4. The maximum Gasteiger partial charge on any atom is 0.416 e. The molecule has 0 aliphatic heterocycles. The van der Waals surface area contributed by atoms with Gasteiger partial charge in [0.05, 0.1) is 20.4 Å². The minimum atomic E-state index is -5.12. The maximum atomic E-state index is 13.2. The molecule has 0 amide bonds. The highest BCUT2D eigenvalue weighted by Gasteiger charge is 2.39. The number of hydrogen-bond acceptors (Lipinski definition) is 6. The summed E-state index contributed by atoms with van der Waals surface area (Å²) in [6.07, 6.45) is -3.02. The molecule has 0 aliphatic rings. The fourth-order valence-corrected chi connectivity index (χ4v) is 3.48. The van der Waals surface area contributed by atoms with Gasteiger partial charge in [0.15, 0.2) is 11.5 Å². The average molecular weight is 545 g/mol. The first kappa shape index (κ1) is 26.6. The molecular formula is C22H10Cl2F4N2O6. The molecule has 3 aromatic carbocycles. The van der Waals surface area contributed by atoms with Crippen LogP contribution in [-0.4, -0.2) is 15.6 Å². The predicted octanol–water partition coefficient (Wildman–Crippen LogP) is 7.66. The van der Waals surface area contributed by atoms with E-state index in [1.807, 2.05) is 0 Å². The van der Waals surface area contributed by atoms with Gasteiger partial charge < -0.3 is 4.74 Å². The van der Waals surface area contributed by atoms with Crippen LogP contribution in [0, 0.1) is 26.0 Å². The Morgan fingerprint density at radius 3 is 1.97 bits per heavy atom. The number of nitro benzene ring substituents is 2. The molecule has 14 heteroatoms. The summed E-state index contributed by atoms with van der Waals surface area (Å²) in [4.78, 5) is 32.8. The largest absolute Gasteiger partial charge is 0.442 e. The van der Waals surface area contributed by atoms with Crippen LogP contribution >= 0.6 is 23.2 Å². The third kappa shape index (κ3) is 5.96. The van der Waals surface area contributed by atoms with Gasteiger partial charge in [-0.2, -0.15) is 13.2 Å². The van der Waals surface area contributed by atoms with E-state index in [0.717, 1.165) is 30.4 Å². The van der Waals surface area contributed by atoms with Crippen LogP contribution < -0.4 is 4.74 Å². The Bertz CT molecular complexity index is 1370. The number of ketones is 1. The van der Waals surface area contributed by atoms with E-state index in [-0.39, 0.29) is 33.3 Å². The van der Waals surface area contributed by atoms with Crippen molar-refractivity contribution in [3.63, 3.8) is 0 Å². The lowest BCUT2D eigenvalue weighted by molar-refractivity contribution is -0.396. The lowest BCUT2D eigenvalue weighted by atomic mass is 10.1. The molecule has 8 nitrogen and oxygen atoms in total. The van der Waals surface area contributed by atoms with Gasteiger partial charge in [0.1, 0.15) is 5.82 Å². The van der Waals surface area contributed by atoms with Gasteiger partial charge in [-0.05, 0) is 48.6 Å². The molecule has 0 atom stereocenters. The van der Waals surface area contributed by atoms with E-state index in [1.54, 1.807) is 0 Å². The molecule has 3 aromatic rings. The zero-order valence-corrected chi connectivity index (χ0v) is 18.9. The minimum absolute atomic E-state index is 0.0117. The van der Waals surface area contributed by atoms with Crippen molar-refractivity contribution in [1.82, 2.24) is 0 Å². The highest BCUT2D eigenvalue weighted by atomic mass is 35.5. The van der Waals surface area contributed by atoms with Crippen molar-refractivity contribution in [2.24, 2.45) is 0 Å². The number of halogens is 6. The smallest absolute Gasteiger partial charge is 0.416 e. The van der Waals surface area contributed by atoms with E-state index in [9.17, 15) is 42.6 Å². The monoisotopic (exact) mass is 544 g/mol. The molecule has 0 unspecified atom stereocenters. The number of nitrogens with zero attached hydrogens (tertiary/aromatic N) is 2. The Balaban J connectivity index is 2.14. The Kier molecular flexibility index (Phi) is 7.60. The summed E-state index contributed by atoms with van der Waals surface area (Å²) in [6, 6.07) is 6.99. The summed E-state index contributed by atoms with van der Waals surface area (Å²) in [5.74, 6) is -2.77. The molecule has 3 rings (SSSR count). The van der Waals surface area contributed by atoms with Crippen LogP contribution in [0.4, 0.5) is 28.9 Å². The second-order valence-corrected chi connectivity index (χ2v) is 7.81. The molecule has 0 N–H and O–H groups in total. The summed E-state index contributed by atoms with van der Waals surface area (Å²) in [6.45, 7) is 0. The summed E-state index contributed by atoms with van der Waals surface area (Å²) in [7, 11) is 0. The SMILES string of the molecule is O=C(/C=C/c1cc(Cl)cc(Cl)c1Oc1c([N+](=O)[O-])cc(C(F)(F)F)cc1[N+](=O)[O-])c1ccc(F)cc1. The lowest BCUT2D eigenvalue weighted by Crippen LogP contribution is -2.08. The zero-order chi connectivity index (χ0) is 26.8. The van der Waals surface area contributed by atoms with Gasteiger partial charge in [0, 0.05) is 28.3 Å². The topological polar surface area (TPSA) is 113 Å². The van der Waals surface area contributed by atoms with Crippen LogP contribution in [0.25, 0.3) is 6.08 Å². The third-order valence-corrected chi connectivity index (χ3v) is 5.05. The number of hydrogen-bond donors (Lipinski definition) is 0. The van der Waals surface area contributed by atoms with Gasteiger partial charge in [-0.1, -0.05) is 23.2 Å². The summed E-state index contributed by atoms with van der Waals surface area (Å²) >= 11 is 12.1. The molecule has 0 fully saturated rings. The van der Waals surface area contributed by atoms with Gasteiger partial charge in [-0.15, -0.1) is 0 Å². The Morgan fingerprint density at radius 2 is 1.47 bits per heavy atom. The van der Waals surface area contributed by atoms with E-state index in [2.05, 4.69) is 0 Å². The van der Waals surface area contributed by atoms with Crippen LogP contribution in [0.1, 0.15) is 21.5 Å². The highest BCUT2D eigenvalue weighted by Crippen LogP contribution is 2.47. The van der Waals surface area contributed by atoms with E-state index in [1.165, 1.54) is 18.2 Å². The third-order valence-electron chi connectivity index (χ3n) is 4.55. The highest BCUT2D eigenvalue weighted by molar-refractivity contribution is 6.36. The fourth-order valence-electron chi connectivity index (χ4n) is 2.93. The van der Waals surface area contributed by atoms with Crippen molar-refractivity contribution in [2.75, 3.05) is 0 Å². The van der Waals surface area contributed by atoms with Crippen molar-refractivity contribution in [3.8, 4) is 11.5 Å². The maximum absolute atomic E-state index is 13.2. The number of carbonyl (C=O) groups is 1. The summed E-state index contributed by atoms with van der Waals surface area (Å²) in [5, 5.41) is 22.7. The van der Waals surface area contributed by atoms with Crippen molar-refractivity contribution < 1.29 is 36.9 Å². The number of allylic oxidation sites excluding steroid dienone is 1. The van der Waals surface area contributed by atoms with Gasteiger partial charge in [0.25, 0.3) is 5.75 Å². The molecular weight excluding hydrogens is 535 g/mol. The van der Waals surface area contributed by atoms with Gasteiger partial charge in [0.2, 0.25) is 0 Å². The van der Waals surface area contributed by atoms with E-state index in [4.69, 9.17) is 27.9 Å². The number of nitro groups is 2. The van der Waals surface area contributed by atoms with Gasteiger partial charge >= 0.3 is 17.6 Å². The van der Waals surface area contributed by atoms with Crippen LogP contribution in [0.2, 0.25) is 10.0 Å². The average Bonchev–Trinajstić information content (AvgIpc) is 2.78. The van der Waals surface area contributed by atoms with Crippen LogP contribution in [-0.2, 0) is 6.18 Å². The first-order valence-corrected chi connectivity index (χ1v) is 10.2. The molecule has 0 heterocycles. The molecule has 186 valence electrons. The number of ether oxygens (including phenoxy) is 1. The van der Waals surface area contributed by atoms with Gasteiger partial charge in [-0.3, -0.25) is 25.0 Å². The molecule has 0 radical (unpaired) electrons. The Morgan fingerprint density at radius 1 is 0.917 bits per heavy atom. The van der Waals surface area contributed by atoms with Crippen LogP contribution in [0.3, 0.4) is 0 Å². The molecule has 0 spiro atoms. The molecule has 0 bridgehead atoms. The predicted molar refractivity (Wildman–Crippen MR) is 121 cm³/mol. The van der Waals surface area contributed by atoms with Gasteiger partial charge in [-0.25, -0.2) is 4.39 Å². The van der Waals surface area contributed by atoms with Crippen molar-refractivity contribution in [1.29, 1.82) is 0 Å². The molecule has 0 aromatic heterocycles. The molecule has 36 heavy (non-hydrogen) atoms. The van der Waals surface area contributed by atoms with Crippen molar-refractivity contribution in [2.45, 2.75) is 6.18 Å². The molecule has 0 saturated heterocycles. The fraction of sp³-hybridized carbons (Fsp3) is 0.0455. The molecule has 0 aliphatic carbocycles. The Hall–Kier alpha value is -4.03. The normalized spacial score (nSPS) is 11.5. The van der Waals surface area contributed by atoms with Crippen LogP contribution in [0.5, 0.6) is 11.5 Å². The lowest BCUT2D eigenvalue weighted by Gasteiger charge is -2.13. The minimum Gasteiger partial charge on any atom is -0.442 e. The van der Waals surface area contributed by atoms with E-state index < -0.39 is 56.1 Å². The van der Waals surface area contributed by atoms with E-state index in [0.29, 0.717) is 0 Å². The van der Waals surface area contributed by atoms with Crippen molar-refractivity contribution >= 4 is 46.4 Å². The summed E-state index contributed by atoms with van der Waals surface area (Å²) in [5.41, 5.74) is -4.33. The quantitative estimate of drug-likeness (QED) is 0.0991. The number of alkyl halides is 3. The molecule has 0 saturated carbocycles. The van der Waals surface area contributed by atoms with Crippen molar-refractivity contribution in [3.05, 3.63) is 107 Å². The number of rotatable bonds is 7. The number of benzene rings is 3. The summed E-state index contributed by atoms with van der Waals surface area (Å²) < 4.78 is 57.9. The van der Waals surface area contributed by atoms with Crippen LogP contribution in [0.15, 0.2) is 54.6 Å². The second kappa shape index (κ2) is 10.3. The second-order valence-electron chi connectivity index (χ2n) is 6.97. The first-order valence-electron chi connectivity index (χ1n) is 9.47. The Labute approximate surface area is 208 Å². The van der Waals surface area contributed by atoms with E-state index >= 15 is 0 Å². The first-order chi connectivity index (χ1) is 16.8.